The van der Waals surface area contributed by atoms with Gasteiger partial charge in [-0.05, 0) is 17.5 Å². The third-order valence-corrected chi connectivity index (χ3v) is 5.07. The van der Waals surface area contributed by atoms with E-state index in [-0.39, 0.29) is 6.54 Å². The number of ether oxygens (including phenoxy) is 1. The highest BCUT2D eigenvalue weighted by Gasteiger charge is 2.40. The van der Waals surface area contributed by atoms with Gasteiger partial charge in [0.25, 0.3) is 0 Å². The number of methoxy groups -OCH3 is 1. The van der Waals surface area contributed by atoms with E-state index >= 15 is 0 Å². The number of carboxylic acid groups (broad SMARTS) is 1. The first-order valence-electron chi connectivity index (χ1n) is 6.24. The second kappa shape index (κ2) is 5.82. The van der Waals surface area contributed by atoms with Crippen molar-refractivity contribution in [2.45, 2.75) is 12.5 Å². The average Bonchev–Trinajstić information content (AvgIpc) is 2.45. The lowest BCUT2D eigenvalue weighted by Crippen LogP contribution is -2.45. The van der Waals surface area contributed by atoms with Gasteiger partial charge in [0, 0.05) is 6.54 Å². The highest BCUT2D eigenvalue weighted by molar-refractivity contribution is 7.89. The van der Waals surface area contributed by atoms with Crippen LogP contribution in [-0.2, 0) is 30.8 Å². The van der Waals surface area contributed by atoms with Crippen molar-refractivity contribution >= 4 is 22.0 Å². The van der Waals surface area contributed by atoms with E-state index in [1.165, 1.54) is 0 Å². The Hall–Kier alpha value is -1.93. The Morgan fingerprint density at radius 1 is 1.38 bits per heavy atom. The van der Waals surface area contributed by atoms with Gasteiger partial charge in [-0.1, -0.05) is 24.3 Å². The zero-order valence-corrected chi connectivity index (χ0v) is 12.2. The summed E-state index contributed by atoms with van der Waals surface area (Å²) in [5.41, 5.74) is 1.24. The molecule has 0 saturated carbocycles. The van der Waals surface area contributed by atoms with Crippen LogP contribution in [0.15, 0.2) is 24.3 Å². The Labute approximate surface area is 122 Å². The van der Waals surface area contributed by atoms with E-state index < -0.39 is 33.8 Å². The van der Waals surface area contributed by atoms with Crippen LogP contribution in [-0.4, -0.2) is 49.2 Å². The number of carbonyl (C=O) groups excluding carboxylic acids is 1. The molecule has 0 bridgehead atoms. The first kappa shape index (κ1) is 15.5. The van der Waals surface area contributed by atoms with Crippen LogP contribution in [0.5, 0.6) is 0 Å². The molecule has 1 aromatic carbocycles. The van der Waals surface area contributed by atoms with E-state index in [4.69, 9.17) is 0 Å². The average molecular weight is 313 g/mol. The molecule has 1 aliphatic heterocycles. The number of nitrogens with zero attached hydrogens (tertiary/aromatic N) is 1. The fraction of sp³-hybridized carbons (Fsp3) is 0.385. The molecule has 2 rings (SSSR count). The molecule has 1 unspecified atom stereocenters. The molecule has 1 heterocycles. The Morgan fingerprint density at radius 3 is 2.67 bits per heavy atom. The van der Waals surface area contributed by atoms with Gasteiger partial charge in [-0.2, -0.15) is 4.31 Å². The van der Waals surface area contributed by atoms with Crippen molar-refractivity contribution in [1.29, 1.82) is 0 Å². The number of sulfonamides is 1. The molecule has 114 valence electrons. The normalized spacial score (nSPS) is 18.8. The number of carboxylic acids is 1. The first-order valence-corrected chi connectivity index (χ1v) is 7.84. The predicted molar refractivity (Wildman–Crippen MR) is 73.0 cm³/mol. The summed E-state index contributed by atoms with van der Waals surface area (Å²) in [4.78, 5) is 22.7. The maximum Gasteiger partial charge on any atom is 0.326 e. The number of esters is 1. The summed E-state index contributed by atoms with van der Waals surface area (Å²) in [6.45, 7) is 0.0211. The minimum atomic E-state index is -4.05. The molecule has 8 heteroatoms. The Kier molecular flexibility index (Phi) is 4.29. The molecule has 0 radical (unpaired) electrons. The summed E-state index contributed by atoms with van der Waals surface area (Å²) in [6, 6.07) is 5.48. The monoisotopic (exact) mass is 313 g/mol. The molecule has 0 aromatic heterocycles. The topological polar surface area (TPSA) is 101 Å². The minimum absolute atomic E-state index is 0.0211. The third kappa shape index (κ3) is 3.06. The summed E-state index contributed by atoms with van der Waals surface area (Å²) >= 11 is 0. The van der Waals surface area contributed by atoms with E-state index in [9.17, 15) is 23.1 Å². The smallest absolute Gasteiger partial charge is 0.326 e. The molecule has 0 saturated heterocycles. The van der Waals surface area contributed by atoms with Gasteiger partial charge in [0.05, 0.1) is 7.11 Å². The Bertz CT molecular complexity index is 669. The van der Waals surface area contributed by atoms with Crippen LogP contribution in [0, 0.1) is 0 Å². The van der Waals surface area contributed by atoms with Gasteiger partial charge < -0.3 is 9.84 Å². The minimum Gasteiger partial charge on any atom is -0.480 e. The molecule has 0 amide bonds. The summed E-state index contributed by atoms with van der Waals surface area (Å²) in [5, 5.41) is 9.39. The highest BCUT2D eigenvalue weighted by Crippen LogP contribution is 2.32. The number of fused-ring (bicyclic) bond motifs is 1. The van der Waals surface area contributed by atoms with Gasteiger partial charge in [-0.25, -0.2) is 8.42 Å². The van der Waals surface area contributed by atoms with Crippen molar-refractivity contribution < 1.29 is 27.9 Å². The maximum atomic E-state index is 12.2. The second-order valence-electron chi connectivity index (χ2n) is 4.63. The van der Waals surface area contributed by atoms with E-state index in [0.29, 0.717) is 12.0 Å². The summed E-state index contributed by atoms with van der Waals surface area (Å²) < 4.78 is 29.7. The lowest BCUT2D eigenvalue weighted by Gasteiger charge is -2.33. The van der Waals surface area contributed by atoms with E-state index in [1.807, 2.05) is 0 Å². The number of aliphatic carboxylic acids is 1. The zero-order valence-electron chi connectivity index (χ0n) is 11.4. The molecule has 1 N–H and O–H groups in total. The lowest BCUT2D eigenvalue weighted by molar-refractivity contribution is -0.142. The molecule has 0 aliphatic carbocycles. The molecule has 1 aromatic rings. The van der Waals surface area contributed by atoms with Gasteiger partial charge in [-0.15, -0.1) is 0 Å². The van der Waals surface area contributed by atoms with Crippen LogP contribution in [0.4, 0.5) is 0 Å². The van der Waals surface area contributed by atoms with Gasteiger partial charge in [0.15, 0.2) is 5.75 Å². The first-order chi connectivity index (χ1) is 9.86. The quantitative estimate of drug-likeness (QED) is 0.795. The van der Waals surface area contributed by atoms with Crippen molar-refractivity contribution in [2.24, 2.45) is 0 Å². The van der Waals surface area contributed by atoms with Crippen molar-refractivity contribution in [3.63, 3.8) is 0 Å². The molecular formula is C13H15NO6S. The fourth-order valence-corrected chi connectivity index (χ4v) is 3.87. The Balaban J connectivity index is 2.41. The van der Waals surface area contributed by atoms with Crippen molar-refractivity contribution in [1.82, 2.24) is 4.31 Å². The van der Waals surface area contributed by atoms with E-state index in [2.05, 4.69) is 4.74 Å². The van der Waals surface area contributed by atoms with Crippen LogP contribution in [0.1, 0.15) is 17.2 Å². The second-order valence-corrected chi connectivity index (χ2v) is 6.55. The molecule has 1 atom stereocenters. The van der Waals surface area contributed by atoms with Gasteiger partial charge in [0.1, 0.15) is 6.04 Å². The van der Waals surface area contributed by atoms with Crippen molar-refractivity contribution in [2.75, 3.05) is 19.4 Å². The van der Waals surface area contributed by atoms with Gasteiger partial charge in [-0.3, -0.25) is 9.59 Å². The SMILES string of the molecule is COC(=O)CS(=O)(=O)N1CCc2ccccc2C1C(=O)O. The van der Waals surface area contributed by atoms with Gasteiger partial charge >= 0.3 is 11.9 Å². The number of rotatable bonds is 4. The third-order valence-electron chi connectivity index (χ3n) is 3.36. The van der Waals surface area contributed by atoms with Crippen LogP contribution in [0.2, 0.25) is 0 Å². The molecule has 0 spiro atoms. The van der Waals surface area contributed by atoms with Crippen LogP contribution < -0.4 is 0 Å². The summed E-state index contributed by atoms with van der Waals surface area (Å²) in [6.07, 6.45) is 0.403. The van der Waals surface area contributed by atoms with E-state index in [1.54, 1.807) is 24.3 Å². The number of carbonyl (C=O) groups is 2. The maximum absolute atomic E-state index is 12.2. The van der Waals surface area contributed by atoms with E-state index in [0.717, 1.165) is 17.0 Å². The zero-order chi connectivity index (χ0) is 15.6. The van der Waals surface area contributed by atoms with Crippen LogP contribution >= 0.6 is 0 Å². The number of benzene rings is 1. The lowest BCUT2D eigenvalue weighted by atomic mass is 9.94. The summed E-state index contributed by atoms with van der Waals surface area (Å²) in [7, 11) is -2.97. The number of hydrogen-bond acceptors (Lipinski definition) is 5. The van der Waals surface area contributed by atoms with Crippen molar-refractivity contribution in [3.05, 3.63) is 35.4 Å². The number of hydrogen-bond donors (Lipinski definition) is 1. The Morgan fingerprint density at radius 2 is 2.05 bits per heavy atom. The molecule has 21 heavy (non-hydrogen) atoms. The standard InChI is InChI=1S/C13H15NO6S/c1-20-11(15)8-21(18,19)14-7-6-9-4-2-3-5-10(9)12(14)13(16)17/h2-5,12H,6-8H2,1H3,(H,16,17). The molecular weight excluding hydrogens is 298 g/mol. The van der Waals surface area contributed by atoms with Crippen LogP contribution in [0.3, 0.4) is 0 Å². The molecule has 7 nitrogen and oxygen atoms in total. The summed E-state index contributed by atoms with van der Waals surface area (Å²) in [5.74, 6) is -3.05. The molecule has 1 aliphatic rings. The fourth-order valence-electron chi connectivity index (χ4n) is 2.39. The highest BCUT2D eigenvalue weighted by atomic mass is 32.2. The van der Waals surface area contributed by atoms with Gasteiger partial charge in [0.2, 0.25) is 10.0 Å². The molecule has 0 fully saturated rings. The largest absolute Gasteiger partial charge is 0.480 e. The van der Waals surface area contributed by atoms with Crippen LogP contribution in [0.25, 0.3) is 0 Å². The van der Waals surface area contributed by atoms with Crippen molar-refractivity contribution in [3.8, 4) is 0 Å². The predicted octanol–water partition coefficient (Wildman–Crippen LogP) is 0.173.